The number of carbonyl (C=O) groups excluding carboxylic acids is 1. The molecule has 4 aliphatic rings. The Kier molecular flexibility index (Phi) is 8.70. The number of fused-ring (bicyclic) bond motifs is 2. The van der Waals surface area contributed by atoms with Crippen molar-refractivity contribution in [2.24, 2.45) is 0 Å². The van der Waals surface area contributed by atoms with E-state index in [1.165, 1.54) is 18.1 Å². The minimum absolute atomic E-state index is 0.138. The third-order valence-electron chi connectivity index (χ3n) is 9.75. The zero-order valence-electron chi connectivity index (χ0n) is 25.2. The number of hydrogen-bond donors (Lipinski definition) is 1. The van der Waals surface area contributed by atoms with Crippen LogP contribution in [0.3, 0.4) is 0 Å². The summed E-state index contributed by atoms with van der Waals surface area (Å²) in [5.74, 6) is 1.04. The van der Waals surface area contributed by atoms with Crippen LogP contribution in [-0.2, 0) is 24.1 Å². The van der Waals surface area contributed by atoms with Crippen molar-refractivity contribution < 1.29 is 14.6 Å². The van der Waals surface area contributed by atoms with E-state index < -0.39 is 0 Å². The number of carbonyl (C=O) groups is 1. The summed E-state index contributed by atoms with van der Waals surface area (Å²) in [6.45, 7) is 11.1. The van der Waals surface area contributed by atoms with Crippen molar-refractivity contribution >= 4 is 17.4 Å². The van der Waals surface area contributed by atoms with E-state index in [1.807, 2.05) is 6.07 Å². The minimum atomic E-state index is -0.232. The van der Waals surface area contributed by atoms with Gasteiger partial charge in [0.15, 0.2) is 0 Å². The van der Waals surface area contributed by atoms with Gasteiger partial charge in [-0.15, -0.1) is 0 Å². The van der Waals surface area contributed by atoms with Crippen molar-refractivity contribution in [3.63, 3.8) is 0 Å². The van der Waals surface area contributed by atoms with Crippen LogP contribution in [0.1, 0.15) is 55.8 Å². The lowest BCUT2D eigenvalue weighted by molar-refractivity contribution is -0.128. The quantitative estimate of drug-likeness (QED) is 0.466. The summed E-state index contributed by atoms with van der Waals surface area (Å²) in [4.78, 5) is 31.5. The Morgan fingerprint density at radius 1 is 1.16 bits per heavy atom. The first-order valence-corrected chi connectivity index (χ1v) is 15.9. The molecule has 2 saturated heterocycles. The van der Waals surface area contributed by atoms with E-state index >= 15 is 0 Å². The molecule has 10 heteroatoms. The van der Waals surface area contributed by atoms with Gasteiger partial charge in [0.2, 0.25) is 5.91 Å². The molecular weight excluding hydrogens is 542 g/mol. The second kappa shape index (κ2) is 12.8. The molecule has 4 heterocycles. The first-order chi connectivity index (χ1) is 21.0. The Balaban J connectivity index is 1.30. The van der Waals surface area contributed by atoms with E-state index in [0.29, 0.717) is 44.0 Å². The number of aromatic hydroxyl groups is 1. The zero-order valence-corrected chi connectivity index (χ0v) is 25.2. The van der Waals surface area contributed by atoms with E-state index in [4.69, 9.17) is 14.7 Å². The first-order valence-electron chi connectivity index (χ1n) is 15.9. The fourth-order valence-corrected chi connectivity index (χ4v) is 7.53. The van der Waals surface area contributed by atoms with Crippen LogP contribution in [-0.4, -0.2) is 94.8 Å². The second-order valence-corrected chi connectivity index (χ2v) is 12.2. The number of piperazine rings is 1. The first kappa shape index (κ1) is 29.2. The van der Waals surface area contributed by atoms with Gasteiger partial charge in [0.1, 0.15) is 18.2 Å². The van der Waals surface area contributed by atoms with Gasteiger partial charge in [-0.1, -0.05) is 19.6 Å². The van der Waals surface area contributed by atoms with Gasteiger partial charge >= 0.3 is 6.01 Å². The van der Waals surface area contributed by atoms with E-state index in [-0.39, 0.29) is 24.4 Å². The van der Waals surface area contributed by atoms with Crippen LogP contribution in [0, 0.1) is 11.3 Å². The number of benzene rings is 1. The number of anilines is 2. The topological polar surface area (TPSA) is 109 Å². The maximum atomic E-state index is 12.5. The van der Waals surface area contributed by atoms with Crippen molar-refractivity contribution in [2.75, 3.05) is 55.7 Å². The Morgan fingerprint density at radius 2 is 2.05 bits per heavy atom. The maximum absolute atomic E-state index is 12.5. The second-order valence-electron chi connectivity index (χ2n) is 12.2. The number of likely N-dealkylation sites (N-methyl/N-ethyl adjacent to an activating group) is 1. The van der Waals surface area contributed by atoms with Gasteiger partial charge in [-0.3, -0.25) is 9.69 Å². The summed E-state index contributed by atoms with van der Waals surface area (Å²) in [5.41, 5.74) is 4.58. The Hall–Kier alpha value is -3.84. The number of rotatable bonds is 8. The molecule has 1 amide bonds. The van der Waals surface area contributed by atoms with Crippen LogP contribution >= 0.6 is 0 Å². The van der Waals surface area contributed by atoms with Crippen LogP contribution in [0.25, 0.3) is 0 Å². The van der Waals surface area contributed by atoms with E-state index in [2.05, 4.69) is 40.3 Å². The molecule has 3 aliphatic heterocycles. The van der Waals surface area contributed by atoms with E-state index in [9.17, 15) is 15.2 Å². The third-order valence-corrected chi connectivity index (χ3v) is 9.75. The molecule has 0 bridgehead atoms. The van der Waals surface area contributed by atoms with Crippen LogP contribution in [0.15, 0.2) is 30.9 Å². The predicted octanol–water partition coefficient (Wildman–Crippen LogP) is 3.47. The number of likely N-dealkylation sites (tertiary alicyclic amines) is 1. The number of hydrogen-bond acceptors (Lipinski definition) is 9. The van der Waals surface area contributed by atoms with Gasteiger partial charge in [-0.25, -0.2) is 0 Å². The number of nitriles is 1. The third kappa shape index (κ3) is 6.00. The number of aryl methyl sites for hydroxylation is 1. The lowest BCUT2D eigenvalue weighted by atomic mass is 9.88. The van der Waals surface area contributed by atoms with Gasteiger partial charge in [0, 0.05) is 62.0 Å². The van der Waals surface area contributed by atoms with Gasteiger partial charge in [0.25, 0.3) is 0 Å². The predicted molar refractivity (Wildman–Crippen MR) is 166 cm³/mol. The zero-order chi connectivity index (χ0) is 29.9. The normalized spacial score (nSPS) is 23.8. The molecule has 3 unspecified atom stereocenters. The van der Waals surface area contributed by atoms with E-state index in [0.717, 1.165) is 80.9 Å². The molecule has 3 atom stereocenters. The fraction of sp³-hybridized carbons (Fsp3) is 0.576. The molecule has 6 rings (SSSR count). The average Bonchev–Trinajstić information content (AvgIpc) is 3.50. The van der Waals surface area contributed by atoms with Gasteiger partial charge in [-0.05, 0) is 69.3 Å². The highest BCUT2D eigenvalue weighted by molar-refractivity contribution is 5.87. The van der Waals surface area contributed by atoms with E-state index in [1.54, 1.807) is 11.0 Å². The molecule has 2 aromatic rings. The molecule has 1 aromatic heterocycles. The van der Waals surface area contributed by atoms with Crippen LogP contribution in [0.2, 0.25) is 0 Å². The summed E-state index contributed by atoms with van der Waals surface area (Å²) >= 11 is 0. The Morgan fingerprint density at radius 3 is 2.86 bits per heavy atom. The van der Waals surface area contributed by atoms with Crippen molar-refractivity contribution in [1.29, 1.82) is 5.26 Å². The molecule has 10 nitrogen and oxygen atoms in total. The Labute approximate surface area is 254 Å². The SMILES string of the molecule is C=CC(=O)N1CCN(c2nc(OCC3CCCN3CC)nc3c2CCC(N2CCCc4ccc(O)cc42)C3)CC1CC#N. The Bertz CT molecular complexity index is 1390. The smallest absolute Gasteiger partial charge is 0.318 e. The summed E-state index contributed by atoms with van der Waals surface area (Å²) in [5, 5.41) is 19.8. The highest BCUT2D eigenvalue weighted by Crippen LogP contribution is 2.38. The fourth-order valence-electron chi connectivity index (χ4n) is 7.53. The van der Waals surface area contributed by atoms with Crippen molar-refractivity contribution in [3.8, 4) is 17.8 Å². The molecule has 1 aromatic carbocycles. The molecular formula is C33H43N7O3. The van der Waals surface area contributed by atoms with Crippen molar-refractivity contribution in [2.45, 2.75) is 76.4 Å². The minimum Gasteiger partial charge on any atom is -0.508 e. The highest BCUT2D eigenvalue weighted by atomic mass is 16.5. The summed E-state index contributed by atoms with van der Waals surface area (Å²) in [7, 11) is 0. The van der Waals surface area contributed by atoms with Gasteiger partial charge in [-0.2, -0.15) is 15.2 Å². The molecule has 2 fully saturated rings. The standard InChI is InChI=1S/C33H43N7O3/c1-3-31(42)40-18-17-38(21-25(40)13-14-34)32-28-12-10-24(39-16-5-7-23-9-11-27(41)20-30(23)39)19-29(28)35-33(36-32)43-22-26-8-6-15-37(26)4-2/h3,9,11,20,24-26,41H,1,4-8,10,12-13,15-19,21-22H2,2H3. The largest absolute Gasteiger partial charge is 0.508 e. The van der Waals surface area contributed by atoms with Crippen LogP contribution < -0.4 is 14.5 Å². The molecule has 1 aliphatic carbocycles. The van der Waals surface area contributed by atoms with Crippen LogP contribution in [0.4, 0.5) is 11.5 Å². The lowest BCUT2D eigenvalue weighted by Crippen LogP contribution is -2.55. The number of aromatic nitrogens is 2. The lowest BCUT2D eigenvalue weighted by Gasteiger charge is -2.43. The molecule has 43 heavy (non-hydrogen) atoms. The average molecular weight is 586 g/mol. The monoisotopic (exact) mass is 585 g/mol. The maximum Gasteiger partial charge on any atom is 0.318 e. The number of amides is 1. The summed E-state index contributed by atoms with van der Waals surface area (Å²) in [6.07, 6.45) is 8.57. The molecule has 0 spiro atoms. The number of ether oxygens (including phenoxy) is 1. The van der Waals surface area contributed by atoms with Crippen LogP contribution in [0.5, 0.6) is 11.8 Å². The van der Waals surface area contributed by atoms with Gasteiger partial charge in [0.05, 0.1) is 24.2 Å². The summed E-state index contributed by atoms with van der Waals surface area (Å²) < 4.78 is 6.36. The highest BCUT2D eigenvalue weighted by Gasteiger charge is 2.35. The molecule has 0 saturated carbocycles. The number of phenols is 1. The summed E-state index contributed by atoms with van der Waals surface area (Å²) in [6, 6.07) is 8.83. The molecule has 228 valence electrons. The molecule has 0 radical (unpaired) electrons. The van der Waals surface area contributed by atoms with Crippen molar-refractivity contribution in [3.05, 3.63) is 47.7 Å². The number of phenolic OH excluding ortho intramolecular Hbond substituents is 1. The number of nitrogens with zero attached hydrogens (tertiary/aromatic N) is 7. The van der Waals surface area contributed by atoms with Crippen molar-refractivity contribution in [1.82, 2.24) is 19.8 Å². The molecule has 1 N–H and O–H groups in total. The van der Waals surface area contributed by atoms with Gasteiger partial charge < -0.3 is 24.5 Å².